The molecule has 8 heteroatoms. The van der Waals surface area contributed by atoms with Gasteiger partial charge in [0.2, 0.25) is 0 Å². The third kappa shape index (κ3) is 5.90. The topological polar surface area (TPSA) is 76.7 Å². The van der Waals surface area contributed by atoms with Crippen LogP contribution in [0.15, 0.2) is 66.7 Å². The molecule has 3 rings (SSSR count). The van der Waals surface area contributed by atoms with Crippen molar-refractivity contribution < 1.29 is 19.1 Å². The van der Waals surface area contributed by atoms with Gasteiger partial charge in [0.15, 0.2) is 6.10 Å². The number of anilines is 2. The predicted molar refractivity (Wildman–Crippen MR) is 123 cm³/mol. The van der Waals surface area contributed by atoms with Crippen LogP contribution in [0.25, 0.3) is 0 Å². The molecule has 2 N–H and O–H groups in total. The Bertz CT molecular complexity index is 1090. The summed E-state index contributed by atoms with van der Waals surface area (Å²) in [6.45, 7) is 1.62. The van der Waals surface area contributed by atoms with Crippen LogP contribution in [-0.4, -0.2) is 25.0 Å². The van der Waals surface area contributed by atoms with Crippen LogP contribution in [0.1, 0.15) is 17.3 Å². The number of benzene rings is 3. The lowest BCUT2D eigenvalue weighted by Gasteiger charge is -2.16. The van der Waals surface area contributed by atoms with Gasteiger partial charge >= 0.3 is 0 Å². The third-order valence-corrected chi connectivity index (χ3v) is 4.88. The molecule has 0 heterocycles. The summed E-state index contributed by atoms with van der Waals surface area (Å²) < 4.78 is 10.9. The van der Waals surface area contributed by atoms with Gasteiger partial charge in [-0.1, -0.05) is 35.3 Å². The molecule has 2 amide bonds. The zero-order chi connectivity index (χ0) is 22.4. The number of hydrogen-bond donors (Lipinski definition) is 2. The van der Waals surface area contributed by atoms with E-state index in [4.69, 9.17) is 32.7 Å². The highest BCUT2D eigenvalue weighted by Gasteiger charge is 2.17. The van der Waals surface area contributed by atoms with Crippen molar-refractivity contribution >= 4 is 46.4 Å². The van der Waals surface area contributed by atoms with Crippen LogP contribution in [0.3, 0.4) is 0 Å². The Morgan fingerprint density at radius 2 is 1.65 bits per heavy atom. The molecular formula is C23H20Cl2N2O4. The van der Waals surface area contributed by atoms with Crippen molar-refractivity contribution in [2.45, 2.75) is 13.0 Å². The summed E-state index contributed by atoms with van der Waals surface area (Å²) >= 11 is 11.9. The molecule has 0 radical (unpaired) electrons. The Balaban J connectivity index is 1.59. The fraction of sp³-hybridized carbons (Fsp3) is 0.130. The number of rotatable bonds is 7. The Morgan fingerprint density at radius 1 is 0.935 bits per heavy atom. The molecule has 0 aromatic heterocycles. The molecule has 3 aromatic rings. The molecule has 0 aliphatic rings. The molecule has 1 atom stereocenters. The summed E-state index contributed by atoms with van der Waals surface area (Å²) in [5.41, 5.74) is 1.45. The van der Waals surface area contributed by atoms with Crippen molar-refractivity contribution in [1.29, 1.82) is 0 Å². The van der Waals surface area contributed by atoms with E-state index in [1.807, 2.05) is 0 Å². The minimum absolute atomic E-state index is 0.293. The summed E-state index contributed by atoms with van der Waals surface area (Å²) in [7, 11) is 1.51. The minimum Gasteiger partial charge on any atom is -0.496 e. The SMILES string of the molecule is COc1ccccc1C(=O)Nc1ccc(O[C@H](C)C(=O)Nc2ccc(Cl)cc2Cl)cc1. The van der Waals surface area contributed by atoms with E-state index in [1.54, 1.807) is 73.7 Å². The molecule has 160 valence electrons. The maximum absolute atomic E-state index is 12.5. The molecule has 0 unspecified atom stereocenters. The summed E-state index contributed by atoms with van der Waals surface area (Å²) in [4.78, 5) is 24.9. The van der Waals surface area contributed by atoms with Crippen molar-refractivity contribution in [3.63, 3.8) is 0 Å². The molecule has 0 aliphatic heterocycles. The lowest BCUT2D eigenvalue weighted by atomic mass is 10.2. The Hall–Kier alpha value is -3.22. The number of nitrogens with one attached hydrogen (secondary N) is 2. The highest BCUT2D eigenvalue weighted by Crippen LogP contribution is 2.26. The van der Waals surface area contributed by atoms with Gasteiger partial charge in [-0.2, -0.15) is 0 Å². The zero-order valence-electron chi connectivity index (χ0n) is 16.8. The lowest BCUT2D eigenvalue weighted by Crippen LogP contribution is -2.30. The van der Waals surface area contributed by atoms with E-state index in [2.05, 4.69) is 10.6 Å². The van der Waals surface area contributed by atoms with E-state index in [-0.39, 0.29) is 11.8 Å². The van der Waals surface area contributed by atoms with Crippen LogP contribution >= 0.6 is 23.2 Å². The van der Waals surface area contributed by atoms with E-state index in [1.165, 1.54) is 7.11 Å². The monoisotopic (exact) mass is 458 g/mol. The molecule has 31 heavy (non-hydrogen) atoms. The quantitative estimate of drug-likeness (QED) is 0.478. The highest BCUT2D eigenvalue weighted by atomic mass is 35.5. The van der Waals surface area contributed by atoms with Crippen molar-refractivity contribution in [1.82, 2.24) is 0 Å². The normalized spacial score (nSPS) is 11.4. The number of methoxy groups -OCH3 is 1. The van der Waals surface area contributed by atoms with E-state index >= 15 is 0 Å². The molecule has 0 fully saturated rings. The van der Waals surface area contributed by atoms with Crippen molar-refractivity contribution in [3.05, 3.63) is 82.3 Å². The summed E-state index contributed by atoms with van der Waals surface area (Å²) in [5.74, 6) is 0.303. The smallest absolute Gasteiger partial charge is 0.265 e. The van der Waals surface area contributed by atoms with Gasteiger partial charge < -0.3 is 20.1 Å². The van der Waals surface area contributed by atoms with Crippen LogP contribution in [-0.2, 0) is 4.79 Å². The van der Waals surface area contributed by atoms with E-state index in [0.717, 1.165) is 0 Å². The average Bonchev–Trinajstić information content (AvgIpc) is 2.76. The number of hydrogen-bond acceptors (Lipinski definition) is 4. The largest absolute Gasteiger partial charge is 0.496 e. The minimum atomic E-state index is -0.777. The molecular weight excluding hydrogens is 439 g/mol. The van der Waals surface area contributed by atoms with Crippen LogP contribution in [0, 0.1) is 0 Å². The number of para-hydroxylation sites is 1. The summed E-state index contributed by atoms with van der Waals surface area (Å²) in [6, 6.07) is 18.4. The first-order valence-electron chi connectivity index (χ1n) is 9.34. The van der Waals surface area contributed by atoms with E-state index in [9.17, 15) is 9.59 Å². The van der Waals surface area contributed by atoms with Crippen LogP contribution < -0.4 is 20.1 Å². The average molecular weight is 459 g/mol. The zero-order valence-corrected chi connectivity index (χ0v) is 18.3. The molecule has 3 aromatic carbocycles. The second-order valence-electron chi connectivity index (χ2n) is 6.55. The molecule has 6 nitrogen and oxygen atoms in total. The lowest BCUT2D eigenvalue weighted by molar-refractivity contribution is -0.122. The highest BCUT2D eigenvalue weighted by molar-refractivity contribution is 6.36. The van der Waals surface area contributed by atoms with Gasteiger partial charge in [0.25, 0.3) is 11.8 Å². The fourth-order valence-electron chi connectivity index (χ4n) is 2.73. The van der Waals surface area contributed by atoms with Gasteiger partial charge in [-0.05, 0) is 61.5 Å². The van der Waals surface area contributed by atoms with Gasteiger partial charge in [0.1, 0.15) is 11.5 Å². The second kappa shape index (κ2) is 10.2. The predicted octanol–water partition coefficient (Wildman–Crippen LogP) is 5.66. The molecule has 0 spiro atoms. The Kier molecular flexibility index (Phi) is 7.39. The first-order chi connectivity index (χ1) is 14.9. The van der Waals surface area contributed by atoms with E-state index in [0.29, 0.717) is 38.5 Å². The van der Waals surface area contributed by atoms with Gasteiger partial charge in [0, 0.05) is 10.7 Å². The number of amides is 2. The first kappa shape index (κ1) is 22.5. The fourth-order valence-corrected chi connectivity index (χ4v) is 3.19. The van der Waals surface area contributed by atoms with Gasteiger partial charge in [-0.25, -0.2) is 0 Å². The molecule has 0 saturated heterocycles. The maximum Gasteiger partial charge on any atom is 0.265 e. The van der Waals surface area contributed by atoms with Crippen molar-refractivity contribution in [2.24, 2.45) is 0 Å². The van der Waals surface area contributed by atoms with Gasteiger partial charge in [-0.3, -0.25) is 9.59 Å². The third-order valence-electron chi connectivity index (χ3n) is 4.33. The molecule has 0 bridgehead atoms. The Morgan fingerprint density at radius 3 is 2.32 bits per heavy atom. The van der Waals surface area contributed by atoms with Crippen LogP contribution in [0.5, 0.6) is 11.5 Å². The van der Waals surface area contributed by atoms with Crippen LogP contribution in [0.4, 0.5) is 11.4 Å². The van der Waals surface area contributed by atoms with Crippen molar-refractivity contribution in [2.75, 3.05) is 17.7 Å². The number of carbonyl (C=O) groups excluding carboxylic acids is 2. The standard InChI is InChI=1S/C23H20Cl2N2O4/c1-14(22(28)27-20-12-7-15(24)13-19(20)25)31-17-10-8-16(9-11-17)26-23(29)18-5-3-4-6-21(18)30-2/h3-14H,1-2H3,(H,26,29)(H,27,28)/t14-/m1/s1. The number of halogens is 2. The molecule has 0 aliphatic carbocycles. The van der Waals surface area contributed by atoms with E-state index < -0.39 is 6.10 Å². The summed E-state index contributed by atoms with van der Waals surface area (Å²) in [5, 5.41) is 6.31. The first-order valence-corrected chi connectivity index (χ1v) is 10.1. The van der Waals surface area contributed by atoms with Gasteiger partial charge in [0.05, 0.1) is 23.4 Å². The molecule has 0 saturated carbocycles. The van der Waals surface area contributed by atoms with Crippen molar-refractivity contribution in [3.8, 4) is 11.5 Å². The van der Waals surface area contributed by atoms with Crippen LogP contribution in [0.2, 0.25) is 10.0 Å². The second-order valence-corrected chi connectivity index (χ2v) is 7.40. The summed E-state index contributed by atoms with van der Waals surface area (Å²) in [6.07, 6.45) is -0.777. The maximum atomic E-state index is 12.5. The number of carbonyl (C=O) groups is 2. The Labute approximate surface area is 190 Å². The number of ether oxygens (including phenoxy) is 2. The van der Waals surface area contributed by atoms with Gasteiger partial charge in [-0.15, -0.1) is 0 Å².